The Kier molecular flexibility index (Phi) is 2.72. The molecule has 82 valence electrons. The van der Waals surface area contributed by atoms with Crippen molar-refractivity contribution >= 4 is 11.0 Å². The Labute approximate surface area is 92.8 Å². The van der Waals surface area contributed by atoms with E-state index in [1.54, 1.807) is 23.8 Å². The van der Waals surface area contributed by atoms with Gasteiger partial charge in [-0.2, -0.15) is 0 Å². The van der Waals surface area contributed by atoms with Gasteiger partial charge in [-0.1, -0.05) is 6.08 Å². The van der Waals surface area contributed by atoms with Crippen LogP contribution in [-0.4, -0.2) is 16.7 Å². The zero-order chi connectivity index (χ0) is 11.5. The highest BCUT2D eigenvalue weighted by molar-refractivity contribution is 5.76. The molecular formula is C12H12N2O2. The molecule has 0 aliphatic rings. The van der Waals surface area contributed by atoms with E-state index in [9.17, 15) is 4.79 Å². The summed E-state index contributed by atoms with van der Waals surface area (Å²) in [5.74, 6) is 0.726. The lowest BCUT2D eigenvalue weighted by molar-refractivity contribution is 0.415. The van der Waals surface area contributed by atoms with Gasteiger partial charge in [0.25, 0.3) is 5.56 Å². The van der Waals surface area contributed by atoms with E-state index in [4.69, 9.17) is 4.74 Å². The van der Waals surface area contributed by atoms with Gasteiger partial charge in [0.1, 0.15) is 5.75 Å². The smallest absolute Gasteiger partial charge is 0.269 e. The molecule has 0 radical (unpaired) electrons. The van der Waals surface area contributed by atoms with Crippen LogP contribution >= 0.6 is 0 Å². The largest absolute Gasteiger partial charge is 0.497 e. The molecule has 0 aliphatic carbocycles. The van der Waals surface area contributed by atoms with E-state index in [-0.39, 0.29) is 5.56 Å². The summed E-state index contributed by atoms with van der Waals surface area (Å²) in [6.45, 7) is 4.11. The van der Waals surface area contributed by atoms with Gasteiger partial charge < -0.3 is 9.30 Å². The Morgan fingerprint density at radius 1 is 1.56 bits per heavy atom. The van der Waals surface area contributed by atoms with Crippen LogP contribution < -0.4 is 10.3 Å². The minimum Gasteiger partial charge on any atom is -0.497 e. The van der Waals surface area contributed by atoms with Gasteiger partial charge in [0.2, 0.25) is 0 Å². The van der Waals surface area contributed by atoms with E-state index in [0.717, 1.165) is 16.8 Å². The van der Waals surface area contributed by atoms with Gasteiger partial charge >= 0.3 is 0 Å². The van der Waals surface area contributed by atoms with Crippen molar-refractivity contribution in [1.82, 2.24) is 9.55 Å². The number of hydrogen-bond acceptors (Lipinski definition) is 3. The third-order valence-electron chi connectivity index (χ3n) is 2.37. The van der Waals surface area contributed by atoms with Crippen LogP contribution in [0.1, 0.15) is 0 Å². The predicted octanol–water partition coefficient (Wildman–Crippen LogP) is 1.59. The van der Waals surface area contributed by atoms with Gasteiger partial charge in [-0.25, -0.2) is 4.98 Å². The van der Waals surface area contributed by atoms with Crippen molar-refractivity contribution in [3.8, 4) is 5.75 Å². The van der Waals surface area contributed by atoms with Crippen LogP contribution in [0.15, 0.2) is 41.8 Å². The highest BCUT2D eigenvalue weighted by atomic mass is 16.5. The Morgan fingerprint density at radius 3 is 3.06 bits per heavy atom. The first kappa shape index (κ1) is 10.4. The van der Waals surface area contributed by atoms with Gasteiger partial charge in [0.05, 0.1) is 24.3 Å². The van der Waals surface area contributed by atoms with Crippen LogP contribution in [-0.2, 0) is 6.54 Å². The fourth-order valence-corrected chi connectivity index (χ4v) is 1.59. The minimum absolute atomic E-state index is 0.127. The lowest BCUT2D eigenvalue weighted by Gasteiger charge is -2.07. The molecule has 1 heterocycles. The van der Waals surface area contributed by atoms with Crippen molar-refractivity contribution < 1.29 is 4.74 Å². The van der Waals surface area contributed by atoms with Crippen LogP contribution in [0.25, 0.3) is 11.0 Å². The highest BCUT2D eigenvalue weighted by Gasteiger charge is 2.03. The molecule has 0 aliphatic heterocycles. The molecule has 2 rings (SSSR count). The van der Waals surface area contributed by atoms with Crippen molar-refractivity contribution in [3.63, 3.8) is 0 Å². The minimum atomic E-state index is -0.127. The van der Waals surface area contributed by atoms with Crippen LogP contribution in [0.2, 0.25) is 0 Å². The first-order chi connectivity index (χ1) is 7.76. The van der Waals surface area contributed by atoms with Gasteiger partial charge in [0.15, 0.2) is 0 Å². The van der Waals surface area contributed by atoms with Crippen LogP contribution in [0.4, 0.5) is 0 Å². The first-order valence-electron chi connectivity index (χ1n) is 4.90. The number of nitrogens with zero attached hydrogens (tertiary/aromatic N) is 2. The second-order valence-electron chi connectivity index (χ2n) is 3.35. The second-order valence-corrected chi connectivity index (χ2v) is 3.35. The van der Waals surface area contributed by atoms with Gasteiger partial charge in [0, 0.05) is 12.6 Å². The van der Waals surface area contributed by atoms with E-state index in [2.05, 4.69) is 11.6 Å². The van der Waals surface area contributed by atoms with E-state index >= 15 is 0 Å². The molecule has 0 amide bonds. The van der Waals surface area contributed by atoms with E-state index in [0.29, 0.717) is 6.54 Å². The maximum absolute atomic E-state index is 11.6. The van der Waals surface area contributed by atoms with Crippen LogP contribution in [0.5, 0.6) is 5.75 Å². The molecule has 0 N–H and O–H groups in total. The lowest BCUT2D eigenvalue weighted by Crippen LogP contribution is -2.19. The van der Waals surface area contributed by atoms with E-state index in [1.165, 1.54) is 6.20 Å². The summed E-state index contributed by atoms with van der Waals surface area (Å²) in [7, 11) is 1.60. The van der Waals surface area contributed by atoms with Crippen molar-refractivity contribution in [3.05, 3.63) is 47.4 Å². The Hall–Kier alpha value is -2.10. The van der Waals surface area contributed by atoms with Crippen molar-refractivity contribution in [1.29, 1.82) is 0 Å². The fraction of sp³-hybridized carbons (Fsp3) is 0.167. The lowest BCUT2D eigenvalue weighted by atomic mass is 10.2. The molecule has 16 heavy (non-hydrogen) atoms. The third-order valence-corrected chi connectivity index (χ3v) is 2.37. The summed E-state index contributed by atoms with van der Waals surface area (Å²) in [6.07, 6.45) is 3.00. The maximum atomic E-state index is 11.6. The average Bonchev–Trinajstić information content (AvgIpc) is 2.32. The Morgan fingerprint density at radius 2 is 2.38 bits per heavy atom. The molecule has 1 aromatic heterocycles. The summed E-state index contributed by atoms with van der Waals surface area (Å²) >= 11 is 0. The molecule has 1 aromatic carbocycles. The summed E-state index contributed by atoms with van der Waals surface area (Å²) in [5.41, 5.74) is 1.39. The normalized spacial score (nSPS) is 10.3. The molecule has 0 spiro atoms. The van der Waals surface area contributed by atoms with E-state index in [1.807, 2.05) is 12.1 Å². The fourth-order valence-electron chi connectivity index (χ4n) is 1.59. The molecule has 0 atom stereocenters. The zero-order valence-electron chi connectivity index (χ0n) is 9.01. The van der Waals surface area contributed by atoms with Gasteiger partial charge in [-0.3, -0.25) is 4.79 Å². The predicted molar refractivity (Wildman–Crippen MR) is 62.8 cm³/mol. The molecule has 4 nitrogen and oxygen atoms in total. The van der Waals surface area contributed by atoms with Crippen molar-refractivity contribution in [2.24, 2.45) is 0 Å². The Balaban J connectivity index is 2.73. The number of allylic oxidation sites excluding steroid dienone is 1. The molecule has 4 heteroatoms. The molecule has 0 bridgehead atoms. The number of aromatic nitrogens is 2. The SMILES string of the molecule is C=CCn1c(=O)cnc2cc(OC)ccc21. The average molecular weight is 216 g/mol. The highest BCUT2D eigenvalue weighted by Crippen LogP contribution is 2.17. The van der Waals surface area contributed by atoms with Crippen LogP contribution in [0.3, 0.4) is 0 Å². The Bertz CT molecular complexity index is 587. The number of hydrogen-bond donors (Lipinski definition) is 0. The zero-order valence-corrected chi connectivity index (χ0v) is 9.01. The standard InChI is InChI=1S/C12H12N2O2/c1-3-6-14-11-5-4-9(16-2)7-10(11)13-8-12(14)15/h3-5,7-8H,1,6H2,2H3. The van der Waals surface area contributed by atoms with E-state index < -0.39 is 0 Å². The van der Waals surface area contributed by atoms with Crippen molar-refractivity contribution in [2.75, 3.05) is 7.11 Å². The quantitative estimate of drug-likeness (QED) is 0.732. The van der Waals surface area contributed by atoms with Gasteiger partial charge in [-0.05, 0) is 12.1 Å². The maximum Gasteiger partial charge on any atom is 0.269 e. The second kappa shape index (κ2) is 4.18. The number of ether oxygens (including phenoxy) is 1. The summed E-state index contributed by atoms with van der Waals surface area (Å²) in [4.78, 5) is 15.7. The number of rotatable bonds is 3. The monoisotopic (exact) mass is 216 g/mol. The molecule has 0 unspecified atom stereocenters. The number of benzene rings is 1. The third kappa shape index (κ3) is 1.69. The molecule has 2 aromatic rings. The summed E-state index contributed by atoms with van der Waals surface area (Å²) in [5, 5.41) is 0. The molecular weight excluding hydrogens is 204 g/mol. The van der Waals surface area contributed by atoms with Crippen LogP contribution in [0, 0.1) is 0 Å². The summed E-state index contributed by atoms with van der Waals surface area (Å²) in [6, 6.07) is 5.43. The number of fused-ring (bicyclic) bond motifs is 1. The molecule has 0 saturated heterocycles. The first-order valence-corrected chi connectivity index (χ1v) is 4.90. The topological polar surface area (TPSA) is 44.1 Å². The van der Waals surface area contributed by atoms with Crippen molar-refractivity contribution in [2.45, 2.75) is 6.54 Å². The summed E-state index contributed by atoms with van der Waals surface area (Å²) < 4.78 is 6.72. The molecule has 0 saturated carbocycles. The number of methoxy groups -OCH3 is 1. The van der Waals surface area contributed by atoms with Gasteiger partial charge in [-0.15, -0.1) is 6.58 Å². The molecule has 0 fully saturated rings.